The van der Waals surface area contributed by atoms with Crippen LogP contribution in [-0.4, -0.2) is 29.7 Å². The van der Waals surface area contributed by atoms with Crippen LogP contribution in [0.5, 0.6) is 0 Å². The highest BCUT2D eigenvalue weighted by Gasteiger charge is 2.42. The molecule has 0 saturated carbocycles. The van der Waals surface area contributed by atoms with Crippen LogP contribution in [0.15, 0.2) is 0 Å². The molecule has 3 atom stereocenters. The molecule has 0 N–H and O–H groups in total. The van der Waals surface area contributed by atoms with E-state index < -0.39 is 6.49 Å². The molecule has 0 bridgehead atoms. The predicted octanol–water partition coefficient (Wildman–Crippen LogP) is 1.49. The maximum Gasteiger partial charge on any atom is 0.202 e. The quantitative estimate of drug-likeness (QED) is 0.435. The highest BCUT2D eigenvalue weighted by molar-refractivity contribution is 8.58. The van der Waals surface area contributed by atoms with Crippen molar-refractivity contribution in [2.45, 2.75) is 11.3 Å². The fourth-order valence-electron chi connectivity index (χ4n) is 1.08. The minimum atomic E-state index is -2.31. The first-order valence-electron chi connectivity index (χ1n) is 3.44. The standard InChI is InChI=1S/C8H10NOPS/c1-5-7-8(6-2)12-11(4,10)9(7)3/h1-2,7-8H,3-4H3. The molecule has 0 radical (unpaired) electrons. The van der Waals surface area contributed by atoms with Crippen LogP contribution in [0.2, 0.25) is 0 Å². The van der Waals surface area contributed by atoms with Crippen molar-refractivity contribution in [3.63, 3.8) is 0 Å². The predicted molar refractivity (Wildman–Crippen MR) is 54.1 cm³/mol. The maximum atomic E-state index is 11.8. The normalized spacial score (nSPS) is 42.0. The van der Waals surface area contributed by atoms with E-state index in [4.69, 9.17) is 12.8 Å². The van der Waals surface area contributed by atoms with E-state index in [0.717, 1.165) is 0 Å². The first-order valence-corrected chi connectivity index (χ1v) is 7.03. The molecule has 0 aromatic carbocycles. The van der Waals surface area contributed by atoms with Crippen molar-refractivity contribution >= 4 is 17.9 Å². The Morgan fingerprint density at radius 3 is 2.42 bits per heavy atom. The number of hydrogen-bond donors (Lipinski definition) is 0. The third kappa shape index (κ3) is 1.41. The molecule has 1 aliphatic rings. The molecule has 0 aliphatic carbocycles. The molecule has 2 nitrogen and oxygen atoms in total. The Labute approximate surface area is 77.3 Å². The van der Waals surface area contributed by atoms with Crippen molar-refractivity contribution in [2.75, 3.05) is 13.7 Å². The lowest BCUT2D eigenvalue weighted by molar-refractivity contribution is 0.460. The molecule has 0 spiro atoms. The first-order chi connectivity index (χ1) is 5.53. The number of rotatable bonds is 0. The second-order valence-electron chi connectivity index (χ2n) is 2.68. The van der Waals surface area contributed by atoms with Gasteiger partial charge in [-0.05, 0) is 7.05 Å². The first kappa shape index (κ1) is 9.75. The highest BCUT2D eigenvalue weighted by atomic mass is 32.7. The zero-order valence-electron chi connectivity index (χ0n) is 7.02. The van der Waals surface area contributed by atoms with Crippen molar-refractivity contribution in [3.8, 4) is 24.7 Å². The summed E-state index contributed by atoms with van der Waals surface area (Å²) in [5, 5.41) is -0.129. The van der Waals surface area contributed by atoms with Crippen LogP contribution in [0.1, 0.15) is 0 Å². The smallest absolute Gasteiger partial charge is 0.202 e. The van der Waals surface area contributed by atoms with Gasteiger partial charge in [0.1, 0.15) is 11.3 Å². The van der Waals surface area contributed by atoms with Gasteiger partial charge in [0, 0.05) is 6.66 Å². The van der Waals surface area contributed by atoms with Crippen LogP contribution in [-0.2, 0) is 4.57 Å². The fourth-order valence-corrected chi connectivity index (χ4v) is 5.37. The monoisotopic (exact) mass is 199 g/mol. The Balaban J connectivity index is 2.99. The molecule has 64 valence electrons. The van der Waals surface area contributed by atoms with Gasteiger partial charge in [-0.2, -0.15) is 0 Å². The minimum absolute atomic E-state index is 0.129. The molecular weight excluding hydrogens is 189 g/mol. The second kappa shape index (κ2) is 3.19. The summed E-state index contributed by atoms with van der Waals surface area (Å²) in [5.41, 5.74) is 0. The van der Waals surface area contributed by atoms with E-state index >= 15 is 0 Å². The van der Waals surface area contributed by atoms with Crippen molar-refractivity contribution in [3.05, 3.63) is 0 Å². The summed E-state index contributed by atoms with van der Waals surface area (Å²) >= 11 is 1.31. The van der Waals surface area contributed by atoms with Gasteiger partial charge in [0.2, 0.25) is 6.49 Å². The van der Waals surface area contributed by atoms with E-state index in [2.05, 4.69) is 11.8 Å². The summed E-state index contributed by atoms with van der Waals surface area (Å²) < 4.78 is 13.5. The van der Waals surface area contributed by atoms with Crippen LogP contribution >= 0.6 is 17.9 Å². The summed E-state index contributed by atoms with van der Waals surface area (Å²) in [5.74, 6) is 5.12. The second-order valence-corrected chi connectivity index (χ2v) is 8.30. The third-order valence-corrected chi connectivity index (χ3v) is 6.94. The molecule has 1 rings (SSSR count). The summed E-state index contributed by atoms with van der Waals surface area (Å²) in [7, 11) is 1.76. The van der Waals surface area contributed by atoms with Crippen molar-refractivity contribution in [2.24, 2.45) is 0 Å². The van der Waals surface area contributed by atoms with Crippen LogP contribution < -0.4 is 0 Å². The Kier molecular flexibility index (Phi) is 2.59. The minimum Gasteiger partial charge on any atom is -0.295 e. The molecule has 0 aromatic heterocycles. The van der Waals surface area contributed by atoms with Crippen molar-refractivity contribution in [1.29, 1.82) is 0 Å². The van der Waals surface area contributed by atoms with Gasteiger partial charge in [-0.25, -0.2) is 4.67 Å². The summed E-state index contributed by atoms with van der Waals surface area (Å²) in [6.45, 7) is -0.621. The van der Waals surface area contributed by atoms with Gasteiger partial charge in [-0.3, -0.25) is 4.57 Å². The van der Waals surface area contributed by atoms with Crippen LogP contribution in [0.3, 0.4) is 0 Å². The lowest BCUT2D eigenvalue weighted by Gasteiger charge is -2.17. The number of terminal acetylenes is 2. The van der Waals surface area contributed by atoms with Gasteiger partial charge >= 0.3 is 0 Å². The van der Waals surface area contributed by atoms with Crippen molar-refractivity contribution in [1.82, 2.24) is 4.67 Å². The Morgan fingerprint density at radius 2 is 2.08 bits per heavy atom. The highest BCUT2D eigenvalue weighted by Crippen LogP contribution is 2.66. The SMILES string of the molecule is C#CC1SP(C)(=O)N(C)C1C#C. The van der Waals surface area contributed by atoms with Crippen LogP contribution in [0, 0.1) is 24.7 Å². The maximum absolute atomic E-state index is 11.8. The Morgan fingerprint density at radius 1 is 1.50 bits per heavy atom. The summed E-state index contributed by atoms with van der Waals surface area (Å²) in [6.07, 6.45) is 10.6. The van der Waals surface area contributed by atoms with Gasteiger partial charge in [0.05, 0.1) is 0 Å². The Hall–Kier alpha value is -0.340. The molecule has 1 heterocycles. The van der Waals surface area contributed by atoms with E-state index in [1.165, 1.54) is 11.4 Å². The molecule has 4 heteroatoms. The molecule has 12 heavy (non-hydrogen) atoms. The molecule has 0 amide bonds. The Bertz CT molecular complexity index is 314. The molecule has 1 saturated heterocycles. The summed E-state index contributed by atoms with van der Waals surface area (Å²) in [4.78, 5) is 0. The van der Waals surface area contributed by atoms with E-state index in [-0.39, 0.29) is 11.3 Å². The lowest BCUT2D eigenvalue weighted by Crippen LogP contribution is -2.27. The molecular formula is C8H10NOPS. The molecule has 0 aromatic rings. The number of hydrogen-bond acceptors (Lipinski definition) is 2. The van der Waals surface area contributed by atoms with E-state index in [1.54, 1.807) is 18.4 Å². The van der Waals surface area contributed by atoms with Gasteiger partial charge in [-0.15, -0.1) is 12.8 Å². The topological polar surface area (TPSA) is 20.3 Å². The van der Waals surface area contributed by atoms with Crippen molar-refractivity contribution < 1.29 is 4.57 Å². The van der Waals surface area contributed by atoms with Crippen LogP contribution in [0.25, 0.3) is 0 Å². The van der Waals surface area contributed by atoms with Gasteiger partial charge < -0.3 is 0 Å². The molecule has 1 fully saturated rings. The molecule has 1 aliphatic heterocycles. The zero-order valence-corrected chi connectivity index (χ0v) is 8.73. The van der Waals surface area contributed by atoms with Gasteiger partial charge in [0.15, 0.2) is 0 Å². The van der Waals surface area contributed by atoms with Crippen LogP contribution in [0.4, 0.5) is 0 Å². The van der Waals surface area contributed by atoms with Gasteiger partial charge in [0.25, 0.3) is 0 Å². The fraction of sp³-hybridized carbons (Fsp3) is 0.500. The average molecular weight is 199 g/mol. The third-order valence-electron chi connectivity index (χ3n) is 1.91. The molecule has 3 unspecified atom stereocenters. The zero-order chi connectivity index (χ0) is 9.35. The van der Waals surface area contributed by atoms with E-state index in [9.17, 15) is 4.57 Å². The van der Waals surface area contributed by atoms with E-state index in [0.29, 0.717) is 0 Å². The largest absolute Gasteiger partial charge is 0.295 e. The van der Waals surface area contributed by atoms with Gasteiger partial charge in [-0.1, -0.05) is 23.2 Å². The average Bonchev–Trinajstić information content (AvgIpc) is 2.24. The lowest BCUT2D eigenvalue weighted by atomic mass is 10.2. The van der Waals surface area contributed by atoms with E-state index in [1.807, 2.05) is 0 Å². The number of nitrogens with zero attached hydrogens (tertiary/aromatic N) is 1. The summed E-state index contributed by atoms with van der Waals surface area (Å²) in [6, 6.07) is -0.184.